The van der Waals surface area contributed by atoms with E-state index >= 15 is 4.79 Å². The van der Waals surface area contributed by atoms with Crippen LogP contribution < -0.4 is 9.47 Å². The average Bonchev–Trinajstić information content (AvgIpc) is 3.93. The molecule has 0 unspecified atom stereocenters. The van der Waals surface area contributed by atoms with Gasteiger partial charge in [0.2, 0.25) is 0 Å². The van der Waals surface area contributed by atoms with Gasteiger partial charge in [0.15, 0.2) is 0 Å². The van der Waals surface area contributed by atoms with Crippen molar-refractivity contribution < 1.29 is 33.6 Å². The Hall–Kier alpha value is -3.76. The number of halogens is 2. The van der Waals surface area contributed by atoms with E-state index in [1.807, 2.05) is 94.1 Å². The Morgan fingerprint density at radius 2 is 1.61 bits per heavy atom. The standard InChI is InChI=1S/C40H48Cl2N2O7/c1-26-9-7-10-27(2)36(26)51-22-21-50-31-17-13-28(14-18-31)32-19-20-44(38(46)47)40(39(3,4)5,24-49-25-48-6)34(32)37(45)43(30-15-16-30)23-29-11-8-12-33(41)35(29)42/h7-14,17-18,30H,15-16,19-25H2,1-6H3,(H,46,47)/t40-/m1/s1. The number of benzene rings is 3. The molecule has 3 aromatic carbocycles. The summed E-state index contributed by atoms with van der Waals surface area (Å²) in [5.41, 5.74) is 2.67. The maximum Gasteiger partial charge on any atom is 0.408 e. The molecule has 0 saturated heterocycles. The zero-order chi connectivity index (χ0) is 36.9. The highest BCUT2D eigenvalue weighted by atomic mass is 35.5. The molecule has 274 valence electrons. The van der Waals surface area contributed by atoms with Crippen LogP contribution in [0.5, 0.6) is 11.5 Å². The minimum atomic E-state index is -1.37. The second kappa shape index (κ2) is 16.3. The monoisotopic (exact) mass is 738 g/mol. The first-order valence-corrected chi connectivity index (χ1v) is 18.0. The number of carboxylic acid groups (broad SMARTS) is 1. The molecule has 0 aromatic heterocycles. The van der Waals surface area contributed by atoms with Crippen molar-refractivity contribution in [3.05, 3.63) is 98.5 Å². The fourth-order valence-corrected chi connectivity index (χ4v) is 7.41. The molecule has 1 atom stereocenters. The topological polar surface area (TPSA) is 97.8 Å². The summed E-state index contributed by atoms with van der Waals surface area (Å²) in [4.78, 5) is 31.6. The summed E-state index contributed by atoms with van der Waals surface area (Å²) in [5, 5.41) is 11.5. The number of ether oxygens (including phenoxy) is 4. The summed E-state index contributed by atoms with van der Waals surface area (Å²) in [6, 6.07) is 19.0. The van der Waals surface area contributed by atoms with Crippen LogP contribution in [0.15, 0.2) is 66.2 Å². The van der Waals surface area contributed by atoms with Crippen LogP contribution in [0.1, 0.15) is 62.3 Å². The zero-order valence-corrected chi connectivity index (χ0v) is 31.8. The SMILES string of the molecule is COCOC[C@]1(C(C)(C)C)C(C(=O)N(Cc2cccc(Cl)c2Cl)C2CC2)=C(c2ccc(OCCOc3c(C)cccc3C)cc2)CCN1C(=O)O. The summed E-state index contributed by atoms with van der Waals surface area (Å²) in [5.74, 6) is 1.26. The second-order valence-corrected chi connectivity index (χ2v) is 15.0. The van der Waals surface area contributed by atoms with E-state index in [1.165, 1.54) is 12.0 Å². The van der Waals surface area contributed by atoms with Crippen molar-refractivity contribution in [2.45, 2.75) is 72.0 Å². The molecule has 5 rings (SSSR count). The molecule has 0 spiro atoms. The molecule has 0 bridgehead atoms. The van der Waals surface area contributed by atoms with E-state index < -0.39 is 17.0 Å². The van der Waals surface area contributed by atoms with Crippen LogP contribution in [0.4, 0.5) is 4.79 Å². The van der Waals surface area contributed by atoms with Gasteiger partial charge in [0.05, 0.1) is 16.7 Å². The highest BCUT2D eigenvalue weighted by Crippen LogP contribution is 2.50. The number of hydrogen-bond acceptors (Lipinski definition) is 6. The molecule has 1 saturated carbocycles. The number of nitrogens with zero attached hydrogens (tertiary/aromatic N) is 2. The van der Waals surface area contributed by atoms with Gasteiger partial charge in [-0.25, -0.2) is 4.79 Å². The molecule has 1 aliphatic carbocycles. The summed E-state index contributed by atoms with van der Waals surface area (Å²) < 4.78 is 23.3. The Labute approximate surface area is 311 Å². The van der Waals surface area contributed by atoms with Gasteiger partial charge in [0.1, 0.15) is 37.0 Å². The van der Waals surface area contributed by atoms with Crippen molar-refractivity contribution >= 4 is 40.8 Å². The van der Waals surface area contributed by atoms with Crippen LogP contribution >= 0.6 is 23.2 Å². The van der Waals surface area contributed by atoms with Crippen molar-refractivity contribution in [2.75, 3.05) is 40.3 Å². The third kappa shape index (κ3) is 8.33. The molecular weight excluding hydrogens is 691 g/mol. The summed E-state index contributed by atoms with van der Waals surface area (Å²) >= 11 is 13.0. The van der Waals surface area contributed by atoms with Crippen molar-refractivity contribution in [1.82, 2.24) is 9.80 Å². The van der Waals surface area contributed by atoms with Crippen LogP contribution in [0.3, 0.4) is 0 Å². The lowest BCUT2D eigenvalue weighted by molar-refractivity contribution is -0.135. The van der Waals surface area contributed by atoms with Gasteiger partial charge in [-0.1, -0.05) is 86.4 Å². The van der Waals surface area contributed by atoms with Crippen molar-refractivity contribution in [1.29, 1.82) is 0 Å². The maximum absolute atomic E-state index is 15.3. The predicted octanol–water partition coefficient (Wildman–Crippen LogP) is 8.80. The number of hydrogen-bond donors (Lipinski definition) is 1. The Morgan fingerprint density at radius 1 is 0.961 bits per heavy atom. The summed E-state index contributed by atoms with van der Waals surface area (Å²) in [7, 11) is 1.51. The normalized spacial score (nSPS) is 17.8. The van der Waals surface area contributed by atoms with Gasteiger partial charge in [0.25, 0.3) is 5.91 Å². The molecule has 51 heavy (non-hydrogen) atoms. The maximum atomic E-state index is 15.3. The molecule has 1 N–H and O–H groups in total. The van der Waals surface area contributed by atoms with Gasteiger partial charge >= 0.3 is 6.09 Å². The van der Waals surface area contributed by atoms with E-state index in [2.05, 4.69) is 0 Å². The third-order valence-corrected chi connectivity index (χ3v) is 10.6. The van der Waals surface area contributed by atoms with Crippen LogP contribution in [0, 0.1) is 19.3 Å². The summed E-state index contributed by atoms with van der Waals surface area (Å²) in [6.07, 6.45) is 0.863. The van der Waals surface area contributed by atoms with Crippen LogP contribution in [-0.4, -0.2) is 78.8 Å². The number of aryl methyl sites for hydroxylation is 2. The Kier molecular flexibility index (Phi) is 12.3. The Morgan fingerprint density at radius 3 is 2.22 bits per heavy atom. The van der Waals surface area contributed by atoms with E-state index in [0.717, 1.165) is 46.4 Å². The van der Waals surface area contributed by atoms with E-state index in [1.54, 1.807) is 6.07 Å². The van der Waals surface area contributed by atoms with E-state index in [9.17, 15) is 9.90 Å². The third-order valence-electron chi connectivity index (χ3n) is 9.79. The molecular formula is C40H48Cl2N2O7. The van der Waals surface area contributed by atoms with Gasteiger partial charge in [-0.05, 0) is 84.6 Å². The highest BCUT2D eigenvalue weighted by molar-refractivity contribution is 6.42. The van der Waals surface area contributed by atoms with Crippen molar-refractivity contribution in [2.24, 2.45) is 5.41 Å². The minimum absolute atomic E-state index is 0.0273. The Balaban J connectivity index is 1.55. The average molecular weight is 740 g/mol. The molecule has 2 aliphatic rings. The van der Waals surface area contributed by atoms with Crippen LogP contribution in [0.25, 0.3) is 5.57 Å². The van der Waals surface area contributed by atoms with Gasteiger partial charge in [-0.15, -0.1) is 0 Å². The molecule has 9 nitrogen and oxygen atoms in total. The molecule has 1 fully saturated rings. The second-order valence-electron chi connectivity index (χ2n) is 14.2. The van der Waals surface area contributed by atoms with E-state index in [-0.39, 0.29) is 38.4 Å². The quantitative estimate of drug-likeness (QED) is 0.130. The molecule has 0 radical (unpaired) electrons. The van der Waals surface area contributed by atoms with Gasteiger partial charge in [-0.3, -0.25) is 9.69 Å². The largest absolute Gasteiger partial charge is 0.490 e. The smallest absolute Gasteiger partial charge is 0.408 e. The zero-order valence-electron chi connectivity index (χ0n) is 30.3. The fraction of sp³-hybridized carbons (Fsp3) is 0.450. The lowest BCUT2D eigenvalue weighted by Gasteiger charge is -2.55. The van der Waals surface area contributed by atoms with Crippen LogP contribution in [-0.2, 0) is 20.8 Å². The number of carbonyl (C=O) groups excluding carboxylic acids is 1. The lowest BCUT2D eigenvalue weighted by atomic mass is 9.64. The molecule has 1 heterocycles. The number of para-hydroxylation sites is 1. The van der Waals surface area contributed by atoms with E-state index in [4.69, 9.17) is 42.1 Å². The predicted molar refractivity (Wildman–Crippen MR) is 200 cm³/mol. The minimum Gasteiger partial charge on any atom is -0.490 e. The van der Waals surface area contributed by atoms with Gasteiger partial charge in [-0.2, -0.15) is 0 Å². The molecule has 1 aliphatic heterocycles. The lowest BCUT2D eigenvalue weighted by Crippen LogP contribution is -2.67. The fourth-order valence-electron chi connectivity index (χ4n) is 7.03. The summed E-state index contributed by atoms with van der Waals surface area (Å²) in [6.45, 7) is 10.9. The molecule has 11 heteroatoms. The molecule has 2 amide bonds. The van der Waals surface area contributed by atoms with Gasteiger partial charge < -0.3 is 29.0 Å². The number of rotatable bonds is 14. The van der Waals surface area contributed by atoms with Crippen LogP contribution in [0.2, 0.25) is 10.0 Å². The molecule has 3 aromatic rings. The number of amides is 2. The highest BCUT2D eigenvalue weighted by Gasteiger charge is 2.58. The number of carbonyl (C=O) groups is 2. The van der Waals surface area contributed by atoms with Crippen molar-refractivity contribution in [3.63, 3.8) is 0 Å². The first kappa shape index (κ1) is 38.5. The van der Waals surface area contributed by atoms with Crippen molar-refractivity contribution in [3.8, 4) is 11.5 Å². The van der Waals surface area contributed by atoms with E-state index in [0.29, 0.717) is 41.0 Å². The first-order chi connectivity index (χ1) is 24.3. The Bertz CT molecular complexity index is 1730. The number of methoxy groups -OCH3 is 1. The van der Waals surface area contributed by atoms with Gasteiger partial charge in [0, 0.05) is 31.8 Å². The first-order valence-electron chi connectivity index (χ1n) is 17.3.